The zero-order chi connectivity index (χ0) is 18.0. The molecule has 138 valence electrons. The first-order valence-electron chi connectivity index (χ1n) is 9.40. The van der Waals surface area contributed by atoms with Crippen LogP contribution in [0.2, 0.25) is 0 Å². The number of hydrogen-bond acceptors (Lipinski definition) is 3. The fourth-order valence-corrected chi connectivity index (χ4v) is 4.38. The van der Waals surface area contributed by atoms with Crippen molar-refractivity contribution >= 4 is 6.03 Å². The van der Waals surface area contributed by atoms with Crippen molar-refractivity contribution in [1.29, 1.82) is 0 Å². The molecular formula is C20H31N3O2. The number of amides is 2. The average Bonchev–Trinajstić information content (AvgIpc) is 2.60. The quantitative estimate of drug-likeness (QED) is 0.915. The van der Waals surface area contributed by atoms with E-state index in [9.17, 15) is 4.79 Å². The predicted molar refractivity (Wildman–Crippen MR) is 100 cm³/mol. The number of nitrogens with one attached hydrogen (secondary N) is 1. The van der Waals surface area contributed by atoms with Gasteiger partial charge in [-0.1, -0.05) is 17.7 Å². The number of rotatable bonds is 3. The lowest BCUT2D eigenvalue weighted by Crippen LogP contribution is -2.57. The van der Waals surface area contributed by atoms with E-state index in [0.29, 0.717) is 12.0 Å². The third-order valence-electron chi connectivity index (χ3n) is 5.72. The minimum Gasteiger partial charge on any atom is -0.496 e. The molecule has 5 nitrogen and oxygen atoms in total. The van der Waals surface area contributed by atoms with Crippen molar-refractivity contribution in [3.8, 4) is 5.75 Å². The standard InChI is InChI=1S/C20H31N3O2/c1-14-7-8-19(25-4)17(12-14)15(2)21-20(24)23-10-5-6-16-13-22(3)11-9-18(16)23/h7-8,12,15-16,18H,5-6,9-11,13H2,1-4H3,(H,21,24)/t15-,16+,18-/m0/s1. The van der Waals surface area contributed by atoms with Crippen molar-refractivity contribution < 1.29 is 9.53 Å². The van der Waals surface area contributed by atoms with Gasteiger partial charge in [-0.05, 0) is 58.7 Å². The van der Waals surface area contributed by atoms with Gasteiger partial charge in [0.2, 0.25) is 0 Å². The monoisotopic (exact) mass is 345 g/mol. The maximum atomic E-state index is 13.0. The molecule has 0 saturated carbocycles. The van der Waals surface area contributed by atoms with Crippen LogP contribution in [0.4, 0.5) is 4.79 Å². The predicted octanol–water partition coefficient (Wildman–Crippen LogP) is 3.19. The Labute approximate surface area is 151 Å². The number of ether oxygens (including phenoxy) is 1. The molecule has 5 heteroatoms. The largest absolute Gasteiger partial charge is 0.496 e. The molecule has 1 aromatic carbocycles. The molecule has 25 heavy (non-hydrogen) atoms. The third-order valence-corrected chi connectivity index (χ3v) is 5.72. The number of piperidine rings is 2. The highest BCUT2D eigenvalue weighted by Gasteiger charge is 2.37. The summed E-state index contributed by atoms with van der Waals surface area (Å²) in [4.78, 5) is 17.4. The zero-order valence-corrected chi connectivity index (χ0v) is 15.9. The second-order valence-corrected chi connectivity index (χ2v) is 7.63. The van der Waals surface area contributed by atoms with Gasteiger partial charge in [-0.3, -0.25) is 0 Å². The van der Waals surface area contributed by atoms with Gasteiger partial charge >= 0.3 is 6.03 Å². The lowest BCUT2D eigenvalue weighted by Gasteiger charge is -2.46. The van der Waals surface area contributed by atoms with Crippen LogP contribution in [0.15, 0.2) is 18.2 Å². The van der Waals surface area contributed by atoms with Crippen molar-refractivity contribution in [2.75, 3.05) is 33.8 Å². The van der Waals surface area contributed by atoms with Crippen molar-refractivity contribution in [3.05, 3.63) is 29.3 Å². The summed E-state index contributed by atoms with van der Waals surface area (Å²) in [5, 5.41) is 3.21. The van der Waals surface area contributed by atoms with Crippen LogP contribution in [0.1, 0.15) is 43.4 Å². The van der Waals surface area contributed by atoms with Gasteiger partial charge in [0.1, 0.15) is 5.75 Å². The number of aryl methyl sites for hydroxylation is 1. The molecule has 2 aliphatic rings. The topological polar surface area (TPSA) is 44.8 Å². The maximum absolute atomic E-state index is 13.0. The summed E-state index contributed by atoms with van der Waals surface area (Å²) in [6.07, 6.45) is 3.42. The lowest BCUT2D eigenvalue weighted by molar-refractivity contribution is 0.0525. The highest BCUT2D eigenvalue weighted by atomic mass is 16.5. The van der Waals surface area contributed by atoms with Gasteiger partial charge in [0.05, 0.1) is 13.2 Å². The van der Waals surface area contributed by atoms with Crippen LogP contribution in [-0.2, 0) is 0 Å². The van der Waals surface area contributed by atoms with Gasteiger partial charge in [-0.2, -0.15) is 0 Å². The zero-order valence-electron chi connectivity index (χ0n) is 15.9. The Morgan fingerprint density at radius 2 is 2.12 bits per heavy atom. The fourth-order valence-electron chi connectivity index (χ4n) is 4.38. The Balaban J connectivity index is 1.70. The first kappa shape index (κ1) is 18.1. The summed E-state index contributed by atoms with van der Waals surface area (Å²) in [6.45, 7) is 7.15. The molecule has 3 atom stereocenters. The summed E-state index contributed by atoms with van der Waals surface area (Å²) in [5.74, 6) is 1.44. The van der Waals surface area contributed by atoms with Crippen molar-refractivity contribution in [3.63, 3.8) is 0 Å². The average molecular weight is 345 g/mol. The summed E-state index contributed by atoms with van der Waals surface area (Å²) in [5.41, 5.74) is 2.21. The van der Waals surface area contributed by atoms with E-state index in [1.54, 1.807) is 7.11 Å². The van der Waals surface area contributed by atoms with Crippen LogP contribution in [0, 0.1) is 12.8 Å². The Morgan fingerprint density at radius 3 is 2.88 bits per heavy atom. The third kappa shape index (κ3) is 3.92. The summed E-state index contributed by atoms with van der Waals surface area (Å²) >= 11 is 0. The first-order valence-corrected chi connectivity index (χ1v) is 9.40. The number of fused-ring (bicyclic) bond motifs is 1. The van der Waals surface area contributed by atoms with Gasteiger partial charge in [-0.25, -0.2) is 4.79 Å². The molecular weight excluding hydrogens is 314 g/mol. The molecule has 2 fully saturated rings. The molecule has 2 amide bonds. The molecule has 0 radical (unpaired) electrons. The number of likely N-dealkylation sites (tertiary alicyclic amines) is 2. The summed E-state index contributed by atoms with van der Waals surface area (Å²) in [6, 6.07) is 6.48. The number of methoxy groups -OCH3 is 1. The molecule has 2 aliphatic heterocycles. The SMILES string of the molecule is COc1ccc(C)cc1[C@H](C)NC(=O)N1CCC[C@@H]2CN(C)CC[C@@H]21. The number of hydrogen-bond donors (Lipinski definition) is 1. The van der Waals surface area contributed by atoms with E-state index < -0.39 is 0 Å². The summed E-state index contributed by atoms with van der Waals surface area (Å²) < 4.78 is 5.48. The normalized spacial score (nSPS) is 25.2. The van der Waals surface area contributed by atoms with Gasteiger partial charge in [0.25, 0.3) is 0 Å². The second kappa shape index (κ2) is 7.65. The Morgan fingerprint density at radius 1 is 1.32 bits per heavy atom. The molecule has 0 aromatic heterocycles. The molecule has 0 spiro atoms. The van der Waals surface area contributed by atoms with Crippen LogP contribution in [-0.4, -0.2) is 55.7 Å². The van der Waals surface area contributed by atoms with Crippen LogP contribution in [0.3, 0.4) is 0 Å². The highest BCUT2D eigenvalue weighted by Crippen LogP contribution is 2.31. The number of benzene rings is 1. The number of urea groups is 1. The van der Waals surface area contributed by atoms with Crippen LogP contribution < -0.4 is 10.1 Å². The Bertz CT molecular complexity index is 619. The van der Waals surface area contributed by atoms with E-state index in [0.717, 1.165) is 43.8 Å². The van der Waals surface area contributed by atoms with Gasteiger partial charge < -0.3 is 19.9 Å². The number of carbonyl (C=O) groups is 1. The van der Waals surface area contributed by atoms with Crippen LogP contribution in [0.5, 0.6) is 5.75 Å². The van der Waals surface area contributed by atoms with Crippen molar-refractivity contribution in [1.82, 2.24) is 15.1 Å². The van der Waals surface area contributed by atoms with E-state index in [4.69, 9.17) is 4.74 Å². The maximum Gasteiger partial charge on any atom is 0.318 e. The second-order valence-electron chi connectivity index (χ2n) is 7.63. The Kier molecular flexibility index (Phi) is 5.52. The first-order chi connectivity index (χ1) is 12.0. The van der Waals surface area contributed by atoms with E-state index >= 15 is 0 Å². The smallest absolute Gasteiger partial charge is 0.318 e. The molecule has 2 saturated heterocycles. The molecule has 0 bridgehead atoms. The molecule has 1 N–H and O–H groups in total. The lowest BCUT2D eigenvalue weighted by atomic mass is 9.84. The molecule has 0 unspecified atom stereocenters. The molecule has 3 rings (SSSR count). The Hall–Kier alpha value is -1.75. The number of nitrogens with zero attached hydrogens (tertiary/aromatic N) is 2. The van der Waals surface area contributed by atoms with Crippen molar-refractivity contribution in [2.24, 2.45) is 5.92 Å². The van der Waals surface area contributed by atoms with E-state index in [2.05, 4.69) is 35.2 Å². The fraction of sp³-hybridized carbons (Fsp3) is 0.650. The van der Waals surface area contributed by atoms with Crippen LogP contribution in [0.25, 0.3) is 0 Å². The number of carbonyl (C=O) groups excluding carboxylic acids is 1. The molecule has 2 heterocycles. The van der Waals surface area contributed by atoms with E-state index in [-0.39, 0.29) is 12.1 Å². The highest BCUT2D eigenvalue weighted by molar-refractivity contribution is 5.75. The van der Waals surface area contributed by atoms with Gasteiger partial charge in [0, 0.05) is 24.7 Å². The minimum absolute atomic E-state index is 0.0651. The van der Waals surface area contributed by atoms with Crippen molar-refractivity contribution in [2.45, 2.75) is 45.2 Å². The van der Waals surface area contributed by atoms with E-state index in [1.807, 2.05) is 19.1 Å². The molecule has 1 aromatic rings. The molecule has 0 aliphatic carbocycles. The van der Waals surface area contributed by atoms with Gasteiger partial charge in [-0.15, -0.1) is 0 Å². The van der Waals surface area contributed by atoms with Crippen LogP contribution >= 0.6 is 0 Å². The van der Waals surface area contributed by atoms with Gasteiger partial charge in [0.15, 0.2) is 0 Å². The minimum atomic E-state index is -0.0750. The summed E-state index contributed by atoms with van der Waals surface area (Å²) in [7, 11) is 3.86. The van der Waals surface area contributed by atoms with E-state index in [1.165, 1.54) is 12.0 Å².